The van der Waals surface area contributed by atoms with Gasteiger partial charge in [0.2, 0.25) is 0 Å². The van der Waals surface area contributed by atoms with Crippen LogP contribution in [-0.4, -0.2) is 0 Å². The molecule has 2 rings (SSSR count). The second kappa shape index (κ2) is 2.28. The number of hydrogen-bond donors (Lipinski definition) is 0. The Balaban J connectivity index is 2.86. The number of furan rings is 1. The predicted molar refractivity (Wildman–Crippen MR) is 45.7 cm³/mol. The molecule has 0 unspecified atom stereocenters. The Morgan fingerprint density at radius 3 is 3.00 bits per heavy atom. The molecule has 0 amide bonds. The van der Waals surface area contributed by atoms with E-state index in [1.54, 1.807) is 12.3 Å². The highest BCUT2D eigenvalue weighted by atomic mass is 35.5. The monoisotopic (exact) mass is 165 g/mol. The minimum absolute atomic E-state index is 0.687. The molecule has 2 aromatic rings. The molecule has 1 aromatic carbocycles. The van der Waals surface area contributed by atoms with Crippen LogP contribution in [0, 0.1) is 6.92 Å². The zero-order valence-corrected chi connectivity index (χ0v) is 6.56. The van der Waals surface area contributed by atoms with Gasteiger partial charge in [-0.15, -0.1) is 0 Å². The Morgan fingerprint density at radius 2 is 2.18 bits per heavy atom. The molecule has 1 radical (unpaired) electrons. The fourth-order valence-electron chi connectivity index (χ4n) is 1.06. The number of fused-ring (bicyclic) bond motifs is 1. The van der Waals surface area contributed by atoms with E-state index in [1.807, 2.05) is 12.1 Å². The Hall–Kier alpha value is -0.950. The lowest BCUT2D eigenvalue weighted by Crippen LogP contribution is -1.66. The van der Waals surface area contributed by atoms with Gasteiger partial charge in [0.1, 0.15) is 5.58 Å². The summed E-state index contributed by atoms with van der Waals surface area (Å²) in [6.07, 6.45) is 1.63. The average molecular weight is 166 g/mol. The van der Waals surface area contributed by atoms with E-state index in [9.17, 15) is 0 Å². The predicted octanol–water partition coefficient (Wildman–Crippen LogP) is 3.27. The third-order valence-corrected chi connectivity index (χ3v) is 1.85. The fraction of sp³-hybridized carbons (Fsp3) is 0. The summed E-state index contributed by atoms with van der Waals surface area (Å²) in [7, 11) is 0. The van der Waals surface area contributed by atoms with E-state index in [-0.39, 0.29) is 0 Å². The molecule has 0 spiro atoms. The van der Waals surface area contributed by atoms with Gasteiger partial charge in [-0.3, -0.25) is 0 Å². The molecule has 0 aliphatic carbocycles. The normalized spacial score (nSPS) is 10.7. The van der Waals surface area contributed by atoms with Crippen molar-refractivity contribution in [1.29, 1.82) is 0 Å². The van der Waals surface area contributed by atoms with E-state index in [0.29, 0.717) is 5.02 Å². The maximum Gasteiger partial charge on any atom is 0.135 e. The van der Waals surface area contributed by atoms with Gasteiger partial charge in [0.05, 0.1) is 6.26 Å². The molecule has 0 aliphatic rings. The first kappa shape index (κ1) is 6.74. The summed E-state index contributed by atoms with van der Waals surface area (Å²) in [5.41, 5.74) is 1.69. The van der Waals surface area contributed by atoms with Gasteiger partial charge in [0.15, 0.2) is 0 Å². The summed E-state index contributed by atoms with van der Waals surface area (Å²) in [5, 5.41) is 1.71. The molecule has 11 heavy (non-hydrogen) atoms. The smallest absolute Gasteiger partial charge is 0.135 e. The molecular weight excluding hydrogens is 160 g/mol. The van der Waals surface area contributed by atoms with Gasteiger partial charge in [0.25, 0.3) is 0 Å². The van der Waals surface area contributed by atoms with Crippen molar-refractivity contribution in [3.05, 3.63) is 42.0 Å². The second-order valence-corrected chi connectivity index (χ2v) is 2.84. The molecule has 0 saturated carbocycles. The van der Waals surface area contributed by atoms with Gasteiger partial charge in [-0.1, -0.05) is 11.6 Å². The summed E-state index contributed by atoms with van der Waals surface area (Å²) in [4.78, 5) is 0. The zero-order valence-electron chi connectivity index (χ0n) is 5.80. The molecule has 1 aromatic heterocycles. The van der Waals surface area contributed by atoms with Crippen LogP contribution >= 0.6 is 11.6 Å². The molecule has 0 N–H and O–H groups in total. The highest BCUT2D eigenvalue weighted by molar-refractivity contribution is 6.31. The van der Waals surface area contributed by atoms with E-state index in [0.717, 1.165) is 16.5 Å². The lowest BCUT2D eigenvalue weighted by Gasteiger charge is -1.89. The number of hydrogen-bond acceptors (Lipinski definition) is 1. The standard InChI is InChI=1S/C9H6ClO/c1-6-5-11-9-4-7(10)2-3-8(6)9/h2-5H,1H2. The molecule has 0 saturated heterocycles. The fourth-order valence-corrected chi connectivity index (χ4v) is 1.22. The summed E-state index contributed by atoms with van der Waals surface area (Å²) in [5.74, 6) is 0. The van der Waals surface area contributed by atoms with E-state index >= 15 is 0 Å². The molecule has 0 aliphatic heterocycles. The van der Waals surface area contributed by atoms with Crippen molar-refractivity contribution >= 4 is 22.6 Å². The zero-order chi connectivity index (χ0) is 7.84. The first-order chi connectivity index (χ1) is 5.27. The molecule has 55 valence electrons. The summed E-state index contributed by atoms with van der Waals surface area (Å²) < 4.78 is 5.18. The molecule has 0 bridgehead atoms. The van der Waals surface area contributed by atoms with Crippen molar-refractivity contribution in [1.82, 2.24) is 0 Å². The topological polar surface area (TPSA) is 13.1 Å². The van der Waals surface area contributed by atoms with Crippen molar-refractivity contribution in [2.75, 3.05) is 0 Å². The van der Waals surface area contributed by atoms with E-state index in [1.165, 1.54) is 0 Å². The van der Waals surface area contributed by atoms with E-state index < -0.39 is 0 Å². The van der Waals surface area contributed by atoms with Crippen molar-refractivity contribution in [3.63, 3.8) is 0 Å². The largest absolute Gasteiger partial charge is 0.464 e. The molecule has 1 nitrogen and oxygen atoms in total. The van der Waals surface area contributed by atoms with Gasteiger partial charge in [-0.25, -0.2) is 0 Å². The van der Waals surface area contributed by atoms with Crippen LogP contribution in [0.5, 0.6) is 0 Å². The molecule has 0 fully saturated rings. The van der Waals surface area contributed by atoms with Crippen LogP contribution in [0.2, 0.25) is 5.02 Å². The van der Waals surface area contributed by atoms with Crippen molar-refractivity contribution in [2.45, 2.75) is 0 Å². The van der Waals surface area contributed by atoms with Gasteiger partial charge >= 0.3 is 0 Å². The third kappa shape index (κ3) is 1.02. The van der Waals surface area contributed by atoms with Crippen molar-refractivity contribution in [2.24, 2.45) is 0 Å². The minimum Gasteiger partial charge on any atom is -0.464 e. The first-order valence-electron chi connectivity index (χ1n) is 3.26. The average Bonchev–Trinajstić information content (AvgIpc) is 2.32. The molecule has 1 heterocycles. The van der Waals surface area contributed by atoms with Gasteiger partial charge in [-0.05, 0) is 30.7 Å². The molecular formula is C9H6ClO. The quantitative estimate of drug-likeness (QED) is 0.584. The first-order valence-corrected chi connectivity index (χ1v) is 3.64. The highest BCUT2D eigenvalue weighted by Gasteiger charge is 2.00. The lowest BCUT2D eigenvalue weighted by molar-refractivity contribution is 0.614. The van der Waals surface area contributed by atoms with Gasteiger partial charge in [0, 0.05) is 10.4 Å². The maximum atomic E-state index is 5.75. The minimum atomic E-state index is 0.687. The van der Waals surface area contributed by atoms with Crippen LogP contribution < -0.4 is 0 Å². The van der Waals surface area contributed by atoms with Gasteiger partial charge in [-0.2, -0.15) is 0 Å². The van der Waals surface area contributed by atoms with E-state index in [4.69, 9.17) is 16.0 Å². The summed E-state index contributed by atoms with van der Waals surface area (Å²) in [6, 6.07) is 5.52. The Labute approximate surface area is 69.6 Å². The molecule has 0 atom stereocenters. The Morgan fingerprint density at radius 1 is 1.36 bits per heavy atom. The van der Waals surface area contributed by atoms with Crippen LogP contribution in [0.4, 0.5) is 0 Å². The number of benzene rings is 1. The second-order valence-electron chi connectivity index (χ2n) is 2.40. The third-order valence-electron chi connectivity index (χ3n) is 1.62. The molecule has 2 heteroatoms. The number of halogens is 1. The van der Waals surface area contributed by atoms with E-state index in [2.05, 4.69) is 6.92 Å². The Bertz CT molecular complexity index is 389. The summed E-state index contributed by atoms with van der Waals surface area (Å²) in [6.45, 7) is 3.80. The lowest BCUT2D eigenvalue weighted by atomic mass is 10.2. The van der Waals surface area contributed by atoms with Crippen LogP contribution in [0.1, 0.15) is 5.56 Å². The SMILES string of the molecule is [CH2]c1coc2cc(Cl)ccc12. The van der Waals surface area contributed by atoms with Crippen molar-refractivity contribution < 1.29 is 4.42 Å². The van der Waals surface area contributed by atoms with Crippen LogP contribution in [0.3, 0.4) is 0 Å². The van der Waals surface area contributed by atoms with Crippen LogP contribution in [0.25, 0.3) is 11.0 Å². The van der Waals surface area contributed by atoms with Crippen LogP contribution in [-0.2, 0) is 0 Å². The van der Waals surface area contributed by atoms with Crippen LogP contribution in [0.15, 0.2) is 28.9 Å². The van der Waals surface area contributed by atoms with Gasteiger partial charge < -0.3 is 4.42 Å². The summed E-state index contributed by atoms with van der Waals surface area (Å²) >= 11 is 5.75. The maximum absolute atomic E-state index is 5.75. The highest BCUT2D eigenvalue weighted by Crippen LogP contribution is 2.23. The van der Waals surface area contributed by atoms with Crippen molar-refractivity contribution in [3.8, 4) is 0 Å². The number of rotatable bonds is 0. The Kier molecular flexibility index (Phi) is 1.40.